The van der Waals surface area contributed by atoms with Crippen LogP contribution in [0.5, 0.6) is 0 Å². The molecule has 0 aliphatic heterocycles. The van der Waals surface area contributed by atoms with Gasteiger partial charge in [0.1, 0.15) is 6.33 Å². The fourth-order valence-corrected chi connectivity index (χ4v) is 1.82. The number of aryl methyl sites for hydroxylation is 1. The van der Waals surface area contributed by atoms with E-state index in [1.807, 2.05) is 35.9 Å². The quantitative estimate of drug-likeness (QED) is 0.800. The van der Waals surface area contributed by atoms with E-state index in [-0.39, 0.29) is 6.29 Å². The van der Waals surface area contributed by atoms with Gasteiger partial charge in [0.05, 0.1) is 6.54 Å². The van der Waals surface area contributed by atoms with E-state index in [9.17, 15) is 0 Å². The van der Waals surface area contributed by atoms with E-state index in [0.717, 1.165) is 17.1 Å². The normalized spacial score (nSPS) is 10.9. The number of ether oxygens (including phenoxy) is 2. The van der Waals surface area contributed by atoms with E-state index in [0.29, 0.717) is 6.54 Å². The highest BCUT2D eigenvalue weighted by atomic mass is 16.7. The fraction of sp³-hybridized carbons (Fsp3) is 0.385. The van der Waals surface area contributed by atoms with Gasteiger partial charge in [0.15, 0.2) is 12.1 Å². The van der Waals surface area contributed by atoms with Crippen LogP contribution in [0.25, 0.3) is 11.4 Å². The topological polar surface area (TPSA) is 61.2 Å². The highest BCUT2D eigenvalue weighted by Crippen LogP contribution is 2.25. The Hall–Kier alpha value is -1.92. The van der Waals surface area contributed by atoms with Crippen molar-refractivity contribution in [1.82, 2.24) is 14.8 Å². The summed E-state index contributed by atoms with van der Waals surface area (Å²) < 4.78 is 12.2. The summed E-state index contributed by atoms with van der Waals surface area (Å²) in [7, 11) is 5.15. The maximum absolute atomic E-state index is 5.16. The molecule has 0 atom stereocenters. The fourth-order valence-electron chi connectivity index (χ4n) is 1.82. The Labute approximate surface area is 112 Å². The van der Waals surface area contributed by atoms with Crippen LogP contribution in [0.15, 0.2) is 30.6 Å². The van der Waals surface area contributed by atoms with Gasteiger partial charge >= 0.3 is 0 Å². The van der Waals surface area contributed by atoms with Crippen molar-refractivity contribution in [2.75, 3.05) is 26.1 Å². The molecule has 102 valence electrons. The maximum atomic E-state index is 5.16. The second kappa shape index (κ2) is 6.31. The predicted molar refractivity (Wildman–Crippen MR) is 72.7 cm³/mol. The Morgan fingerprint density at radius 3 is 2.63 bits per heavy atom. The first-order valence-electron chi connectivity index (χ1n) is 5.99. The maximum Gasteiger partial charge on any atom is 0.173 e. The molecule has 0 aliphatic carbocycles. The van der Waals surface area contributed by atoms with E-state index in [1.54, 1.807) is 20.5 Å². The van der Waals surface area contributed by atoms with Crippen LogP contribution < -0.4 is 5.32 Å². The van der Waals surface area contributed by atoms with Crippen molar-refractivity contribution in [3.8, 4) is 11.4 Å². The zero-order valence-electron chi connectivity index (χ0n) is 11.3. The van der Waals surface area contributed by atoms with Crippen LogP contribution in [0.4, 0.5) is 5.69 Å². The van der Waals surface area contributed by atoms with Gasteiger partial charge in [0.25, 0.3) is 0 Å². The molecule has 1 heterocycles. The highest BCUT2D eigenvalue weighted by Gasteiger charge is 2.11. The molecule has 0 aliphatic rings. The molecule has 0 saturated carbocycles. The van der Waals surface area contributed by atoms with Crippen molar-refractivity contribution in [2.24, 2.45) is 7.05 Å². The number of methoxy groups -OCH3 is 2. The van der Waals surface area contributed by atoms with Crippen LogP contribution in [-0.2, 0) is 16.5 Å². The lowest BCUT2D eigenvalue weighted by atomic mass is 10.1. The van der Waals surface area contributed by atoms with Crippen molar-refractivity contribution >= 4 is 5.69 Å². The summed E-state index contributed by atoms with van der Waals surface area (Å²) in [6.45, 7) is 0.557. The molecule has 1 N–H and O–H groups in total. The Kier molecular flexibility index (Phi) is 4.48. The summed E-state index contributed by atoms with van der Waals surface area (Å²) in [6, 6.07) is 7.93. The second-order valence-corrected chi connectivity index (χ2v) is 4.09. The molecular weight excluding hydrogens is 244 g/mol. The minimum absolute atomic E-state index is 0.285. The summed E-state index contributed by atoms with van der Waals surface area (Å²) in [5.41, 5.74) is 1.96. The average molecular weight is 262 g/mol. The summed E-state index contributed by atoms with van der Waals surface area (Å²) in [4.78, 5) is 0. The van der Waals surface area contributed by atoms with Gasteiger partial charge in [-0.25, -0.2) is 0 Å². The van der Waals surface area contributed by atoms with E-state index in [2.05, 4.69) is 15.5 Å². The lowest BCUT2D eigenvalue weighted by molar-refractivity contribution is -0.0914. The number of nitrogens with zero attached hydrogens (tertiary/aromatic N) is 3. The van der Waals surface area contributed by atoms with Gasteiger partial charge in [0.2, 0.25) is 0 Å². The number of nitrogens with one attached hydrogen (secondary N) is 1. The molecule has 0 bridgehead atoms. The van der Waals surface area contributed by atoms with Gasteiger partial charge in [-0.05, 0) is 12.1 Å². The van der Waals surface area contributed by atoms with Gasteiger partial charge < -0.3 is 19.4 Å². The lowest BCUT2D eigenvalue weighted by Crippen LogP contribution is -2.23. The monoisotopic (exact) mass is 262 g/mol. The third-order valence-electron chi connectivity index (χ3n) is 2.86. The van der Waals surface area contributed by atoms with Crippen molar-refractivity contribution in [3.63, 3.8) is 0 Å². The predicted octanol–water partition coefficient (Wildman–Crippen LogP) is 1.51. The molecule has 0 unspecified atom stereocenters. The zero-order chi connectivity index (χ0) is 13.7. The summed E-state index contributed by atoms with van der Waals surface area (Å²) in [5.74, 6) is 0.814. The van der Waals surface area contributed by atoms with E-state index >= 15 is 0 Å². The first-order valence-corrected chi connectivity index (χ1v) is 5.99. The summed E-state index contributed by atoms with van der Waals surface area (Å²) >= 11 is 0. The molecule has 0 fully saturated rings. The van der Waals surface area contributed by atoms with Gasteiger partial charge in [-0.15, -0.1) is 10.2 Å². The molecule has 0 spiro atoms. The first kappa shape index (κ1) is 13.5. The standard InChI is InChI=1S/C13H18N4O2/c1-17-9-15-16-13(17)10-6-4-5-7-11(10)14-8-12(18-2)19-3/h4-7,9,12,14H,8H2,1-3H3. The largest absolute Gasteiger partial charge is 0.379 e. The van der Waals surface area contributed by atoms with Crippen LogP contribution in [0.2, 0.25) is 0 Å². The van der Waals surface area contributed by atoms with Crippen molar-refractivity contribution in [1.29, 1.82) is 0 Å². The number of anilines is 1. The van der Waals surface area contributed by atoms with Gasteiger partial charge in [0, 0.05) is 32.5 Å². The molecule has 0 amide bonds. The van der Waals surface area contributed by atoms with Crippen LogP contribution >= 0.6 is 0 Å². The van der Waals surface area contributed by atoms with Gasteiger partial charge in [-0.2, -0.15) is 0 Å². The lowest BCUT2D eigenvalue weighted by Gasteiger charge is -2.16. The number of benzene rings is 1. The van der Waals surface area contributed by atoms with Crippen LogP contribution in [-0.4, -0.2) is 41.8 Å². The van der Waals surface area contributed by atoms with Crippen LogP contribution in [0.3, 0.4) is 0 Å². The minimum Gasteiger partial charge on any atom is -0.379 e. The molecular formula is C13H18N4O2. The van der Waals surface area contributed by atoms with Crippen LogP contribution in [0.1, 0.15) is 0 Å². The second-order valence-electron chi connectivity index (χ2n) is 4.09. The van der Waals surface area contributed by atoms with Crippen molar-refractivity contribution in [2.45, 2.75) is 6.29 Å². The van der Waals surface area contributed by atoms with Crippen molar-refractivity contribution < 1.29 is 9.47 Å². The first-order chi connectivity index (χ1) is 9.26. The molecule has 2 aromatic rings. The molecule has 6 nitrogen and oxygen atoms in total. The van der Waals surface area contributed by atoms with Crippen molar-refractivity contribution in [3.05, 3.63) is 30.6 Å². The zero-order valence-corrected chi connectivity index (χ0v) is 11.3. The average Bonchev–Trinajstić information content (AvgIpc) is 2.86. The third-order valence-corrected chi connectivity index (χ3v) is 2.86. The number of rotatable bonds is 6. The smallest absolute Gasteiger partial charge is 0.173 e. The number of hydrogen-bond acceptors (Lipinski definition) is 5. The Bertz CT molecular complexity index is 523. The van der Waals surface area contributed by atoms with Gasteiger partial charge in [-0.1, -0.05) is 12.1 Å². The molecule has 1 aromatic heterocycles. The number of hydrogen-bond donors (Lipinski definition) is 1. The summed E-state index contributed by atoms with van der Waals surface area (Å²) in [6.07, 6.45) is 1.40. The Morgan fingerprint density at radius 1 is 1.26 bits per heavy atom. The minimum atomic E-state index is -0.285. The van der Waals surface area contributed by atoms with Gasteiger partial charge in [-0.3, -0.25) is 0 Å². The Morgan fingerprint density at radius 2 is 2.00 bits per heavy atom. The molecule has 19 heavy (non-hydrogen) atoms. The molecule has 0 radical (unpaired) electrons. The molecule has 1 aromatic carbocycles. The Balaban J connectivity index is 2.20. The molecule has 6 heteroatoms. The number of aromatic nitrogens is 3. The molecule has 2 rings (SSSR count). The van der Waals surface area contributed by atoms with E-state index in [1.165, 1.54) is 0 Å². The highest BCUT2D eigenvalue weighted by molar-refractivity contribution is 5.73. The number of para-hydroxylation sites is 1. The van der Waals surface area contributed by atoms with E-state index < -0.39 is 0 Å². The SMILES string of the molecule is COC(CNc1ccccc1-c1nncn1C)OC. The van der Waals surface area contributed by atoms with E-state index in [4.69, 9.17) is 9.47 Å². The third kappa shape index (κ3) is 3.10. The summed E-state index contributed by atoms with van der Waals surface area (Å²) in [5, 5.41) is 11.3. The molecule has 0 saturated heterocycles. The van der Waals surface area contributed by atoms with Crippen LogP contribution in [0, 0.1) is 0 Å².